The molecule has 1 saturated carbocycles. The predicted molar refractivity (Wildman–Crippen MR) is 186 cm³/mol. The predicted octanol–water partition coefficient (Wildman–Crippen LogP) is 6.10. The fourth-order valence-electron chi connectivity index (χ4n) is 8.85. The molecule has 3 aromatic heterocycles. The summed E-state index contributed by atoms with van der Waals surface area (Å²) in [5, 5.41) is 26.8. The molecule has 8 rings (SSSR count). The normalized spacial score (nSPS) is 19.0. The van der Waals surface area contributed by atoms with Crippen molar-refractivity contribution in [3.05, 3.63) is 64.7 Å². The van der Waals surface area contributed by atoms with Crippen molar-refractivity contribution in [1.82, 2.24) is 34.7 Å². The smallest absolute Gasteiger partial charge is 0.356 e. The summed E-state index contributed by atoms with van der Waals surface area (Å²) < 4.78 is 33.1. The first-order valence-corrected chi connectivity index (χ1v) is 18.0. The van der Waals surface area contributed by atoms with E-state index < -0.39 is 12.4 Å². The quantitative estimate of drug-likeness (QED) is 0.254. The zero-order valence-electron chi connectivity index (χ0n) is 29.1. The van der Waals surface area contributed by atoms with E-state index >= 15 is 0 Å². The van der Waals surface area contributed by atoms with Crippen molar-refractivity contribution in [3.63, 3.8) is 0 Å². The molecule has 1 aliphatic carbocycles. The lowest BCUT2D eigenvalue weighted by Crippen LogP contribution is -2.42. The summed E-state index contributed by atoms with van der Waals surface area (Å²) in [5.74, 6) is 0.443. The Morgan fingerprint density at radius 3 is 2.43 bits per heavy atom. The Kier molecular flexibility index (Phi) is 8.50. The molecule has 1 amide bonds. The summed E-state index contributed by atoms with van der Waals surface area (Å²) in [6.07, 6.45) is 9.36. The Morgan fingerprint density at radius 1 is 1.00 bits per heavy atom. The number of alkyl halides is 2. The second kappa shape index (κ2) is 13.0. The number of carboxylic acids is 1. The minimum atomic E-state index is -2.65. The van der Waals surface area contributed by atoms with E-state index in [2.05, 4.69) is 29.8 Å². The van der Waals surface area contributed by atoms with E-state index in [1.54, 1.807) is 43.2 Å². The number of fused-ring (bicyclic) bond motifs is 2. The summed E-state index contributed by atoms with van der Waals surface area (Å²) in [6, 6.07) is 7.04. The molecule has 1 spiro atoms. The Morgan fingerprint density at radius 2 is 1.78 bits per heavy atom. The van der Waals surface area contributed by atoms with Gasteiger partial charge >= 0.3 is 5.97 Å². The standard InChI is InChI=1S/C37H43F2N9O3/c1-23(49)46-15-9-31-29(22-46)35(47-14-3-4-24-18-27(25-20-40-44(2)21-25)28(34(38)39)19-32(24)47)43-48(31)26-7-10-37(11-8-26)12-16-45(17-13-37)33-6-5-30(36(50)51)41-42-33/h5-6,18-21,26,34H,3-4,7-17,22H2,1-2H3,(H,50,51). The van der Waals surface area contributed by atoms with Gasteiger partial charge in [0.2, 0.25) is 5.91 Å². The van der Waals surface area contributed by atoms with Gasteiger partial charge in [0.25, 0.3) is 6.43 Å². The fraction of sp³-hybridized carbons (Fsp3) is 0.514. The fourth-order valence-corrected chi connectivity index (χ4v) is 8.85. The van der Waals surface area contributed by atoms with Gasteiger partial charge in [-0.1, -0.05) is 0 Å². The largest absolute Gasteiger partial charge is 0.476 e. The molecule has 14 heteroatoms. The molecule has 0 unspecified atom stereocenters. The van der Waals surface area contributed by atoms with Crippen LogP contribution >= 0.6 is 0 Å². The summed E-state index contributed by atoms with van der Waals surface area (Å²) >= 11 is 0. The van der Waals surface area contributed by atoms with Gasteiger partial charge in [-0.2, -0.15) is 10.2 Å². The number of rotatable bonds is 6. The topological polar surface area (TPSA) is 126 Å². The van der Waals surface area contributed by atoms with Crippen molar-refractivity contribution in [1.29, 1.82) is 0 Å². The molecule has 12 nitrogen and oxygen atoms in total. The van der Waals surface area contributed by atoms with E-state index in [1.807, 2.05) is 11.0 Å². The third-order valence-electron chi connectivity index (χ3n) is 11.8. The molecule has 268 valence electrons. The molecule has 6 heterocycles. The molecule has 2 fully saturated rings. The third-order valence-corrected chi connectivity index (χ3v) is 11.8. The van der Waals surface area contributed by atoms with Gasteiger partial charge in [-0.25, -0.2) is 13.6 Å². The van der Waals surface area contributed by atoms with Gasteiger partial charge < -0.3 is 19.8 Å². The number of hydrogen-bond donors (Lipinski definition) is 1. The van der Waals surface area contributed by atoms with Crippen LogP contribution in [0.15, 0.2) is 36.7 Å². The highest BCUT2D eigenvalue weighted by atomic mass is 19.3. The number of aromatic carboxylic acids is 1. The molecule has 0 bridgehead atoms. The molecular weight excluding hydrogens is 656 g/mol. The van der Waals surface area contributed by atoms with E-state index in [9.17, 15) is 18.4 Å². The number of aromatic nitrogens is 6. The third kappa shape index (κ3) is 6.12. The maximum atomic E-state index is 14.6. The van der Waals surface area contributed by atoms with Gasteiger partial charge in [0.15, 0.2) is 17.3 Å². The lowest BCUT2D eigenvalue weighted by atomic mass is 9.67. The highest BCUT2D eigenvalue weighted by Crippen LogP contribution is 2.49. The van der Waals surface area contributed by atoms with Gasteiger partial charge in [0, 0.05) is 80.8 Å². The van der Waals surface area contributed by atoms with Crippen LogP contribution in [0, 0.1) is 5.41 Å². The number of nitrogens with zero attached hydrogens (tertiary/aromatic N) is 9. The molecule has 1 aromatic carbocycles. The van der Waals surface area contributed by atoms with Gasteiger partial charge in [-0.15, -0.1) is 10.2 Å². The van der Waals surface area contributed by atoms with Crippen molar-refractivity contribution in [2.75, 3.05) is 36.0 Å². The minimum absolute atomic E-state index is 0.0136. The van der Waals surface area contributed by atoms with Crippen LogP contribution < -0.4 is 9.80 Å². The Labute approximate surface area is 295 Å². The van der Waals surface area contributed by atoms with E-state index in [4.69, 9.17) is 10.2 Å². The van der Waals surface area contributed by atoms with Gasteiger partial charge in [0.05, 0.1) is 18.8 Å². The van der Waals surface area contributed by atoms with Crippen LogP contribution in [0.1, 0.15) is 97.2 Å². The molecule has 4 aromatic rings. The van der Waals surface area contributed by atoms with Crippen molar-refractivity contribution < 1.29 is 23.5 Å². The number of carbonyl (C=O) groups is 2. The Bertz CT molecular complexity index is 1960. The summed E-state index contributed by atoms with van der Waals surface area (Å²) in [6.45, 7) is 5.07. The highest BCUT2D eigenvalue weighted by molar-refractivity contribution is 5.85. The lowest BCUT2D eigenvalue weighted by molar-refractivity contribution is -0.129. The van der Waals surface area contributed by atoms with Crippen molar-refractivity contribution in [3.8, 4) is 11.1 Å². The second-order valence-corrected chi connectivity index (χ2v) is 14.7. The number of halogens is 2. The van der Waals surface area contributed by atoms with E-state index in [0.717, 1.165) is 92.8 Å². The molecule has 4 aliphatic rings. The number of anilines is 3. The average Bonchev–Trinajstić information content (AvgIpc) is 3.75. The molecule has 1 N–H and O–H groups in total. The number of amides is 1. The van der Waals surface area contributed by atoms with Gasteiger partial charge in [0.1, 0.15) is 0 Å². The van der Waals surface area contributed by atoms with Crippen molar-refractivity contribution in [2.45, 2.75) is 83.7 Å². The van der Waals surface area contributed by atoms with Crippen LogP contribution in [0.5, 0.6) is 0 Å². The maximum Gasteiger partial charge on any atom is 0.356 e. The van der Waals surface area contributed by atoms with Crippen LogP contribution in [0.25, 0.3) is 11.1 Å². The van der Waals surface area contributed by atoms with E-state index in [0.29, 0.717) is 43.0 Å². The first kappa shape index (κ1) is 33.3. The van der Waals surface area contributed by atoms with Crippen molar-refractivity contribution in [2.24, 2.45) is 12.5 Å². The monoisotopic (exact) mass is 699 g/mol. The highest BCUT2D eigenvalue weighted by Gasteiger charge is 2.41. The molecule has 51 heavy (non-hydrogen) atoms. The summed E-state index contributed by atoms with van der Waals surface area (Å²) in [5.41, 5.74) is 5.34. The van der Waals surface area contributed by atoms with Crippen LogP contribution in [0.3, 0.4) is 0 Å². The van der Waals surface area contributed by atoms with Crippen LogP contribution in [-0.2, 0) is 31.2 Å². The Balaban J connectivity index is 1.06. The summed E-state index contributed by atoms with van der Waals surface area (Å²) in [4.78, 5) is 30.0. The molecule has 3 aliphatic heterocycles. The number of aryl methyl sites for hydroxylation is 2. The Hall–Kier alpha value is -4.88. The second-order valence-electron chi connectivity index (χ2n) is 14.7. The number of carboxylic acid groups (broad SMARTS) is 1. The zero-order chi connectivity index (χ0) is 35.4. The van der Waals surface area contributed by atoms with E-state index in [1.165, 1.54) is 6.07 Å². The van der Waals surface area contributed by atoms with Crippen LogP contribution in [-0.4, -0.2) is 77.8 Å². The van der Waals surface area contributed by atoms with Gasteiger partial charge in [-0.3, -0.25) is 14.2 Å². The van der Waals surface area contributed by atoms with Crippen molar-refractivity contribution >= 4 is 29.2 Å². The number of hydrogen-bond acceptors (Lipinski definition) is 8. The minimum Gasteiger partial charge on any atom is -0.476 e. The zero-order valence-corrected chi connectivity index (χ0v) is 29.1. The molecule has 0 radical (unpaired) electrons. The maximum absolute atomic E-state index is 14.6. The van der Waals surface area contributed by atoms with Gasteiger partial charge in [-0.05, 0) is 92.2 Å². The molecular formula is C37H43F2N9O3. The van der Waals surface area contributed by atoms with E-state index in [-0.39, 0.29) is 28.6 Å². The molecule has 1 saturated heterocycles. The lowest BCUT2D eigenvalue weighted by Gasteiger charge is -2.46. The molecule has 0 atom stereocenters. The van der Waals surface area contributed by atoms with Crippen LogP contribution in [0.4, 0.5) is 26.1 Å². The first-order chi connectivity index (χ1) is 24.6. The first-order valence-electron chi connectivity index (χ1n) is 18.0. The average molecular weight is 700 g/mol. The number of piperidine rings is 1. The number of carbonyl (C=O) groups excluding carboxylic acids is 1. The van der Waals surface area contributed by atoms with Crippen LogP contribution in [0.2, 0.25) is 0 Å². The number of benzene rings is 1. The summed E-state index contributed by atoms with van der Waals surface area (Å²) in [7, 11) is 1.78. The SMILES string of the molecule is CC(=O)N1CCc2c(c(N3CCCc4cc(-c5cnn(C)c5)c(C(F)F)cc43)nn2C2CCC3(CC2)CCN(c2ccc(C(=O)O)nn2)CC3)C1.